The molecule has 7 nitrogen and oxygen atoms in total. The van der Waals surface area contributed by atoms with Gasteiger partial charge < -0.3 is 24.6 Å². The van der Waals surface area contributed by atoms with Gasteiger partial charge in [-0.3, -0.25) is 0 Å². The summed E-state index contributed by atoms with van der Waals surface area (Å²) < 4.78 is 10.7. The lowest BCUT2D eigenvalue weighted by Gasteiger charge is -2.40. The van der Waals surface area contributed by atoms with Crippen LogP contribution < -0.4 is 15.0 Å². The number of nitrogens with one attached hydrogen (secondary N) is 1. The Morgan fingerprint density at radius 3 is 2.81 bits per heavy atom. The minimum atomic E-state index is -1.02. The van der Waals surface area contributed by atoms with Gasteiger partial charge in [-0.1, -0.05) is 5.16 Å². The molecule has 1 unspecified atom stereocenters. The van der Waals surface area contributed by atoms with E-state index in [1.807, 2.05) is 0 Å². The number of benzene rings is 1. The summed E-state index contributed by atoms with van der Waals surface area (Å²) in [5.74, 6) is 0.418. The normalized spacial score (nSPS) is 22.7. The Morgan fingerprint density at radius 2 is 2.15 bits per heavy atom. The topological polar surface area (TPSA) is 87.8 Å². The second-order valence-corrected chi connectivity index (χ2v) is 7.20. The van der Waals surface area contributed by atoms with Crippen molar-refractivity contribution >= 4 is 11.8 Å². The second kappa shape index (κ2) is 6.64. The molecule has 4 rings (SSSR count). The van der Waals surface area contributed by atoms with Crippen molar-refractivity contribution in [2.75, 3.05) is 38.2 Å². The van der Waals surface area contributed by atoms with E-state index in [1.165, 1.54) is 6.42 Å². The number of nitrogens with zero attached hydrogens (tertiary/aromatic N) is 2. The van der Waals surface area contributed by atoms with Crippen molar-refractivity contribution < 1.29 is 19.2 Å². The lowest BCUT2D eigenvalue weighted by molar-refractivity contribution is 0.0697. The first-order valence-electron chi connectivity index (χ1n) is 8.95. The van der Waals surface area contributed by atoms with Crippen LogP contribution in [0.4, 0.5) is 5.82 Å². The fraction of sp³-hybridized carbons (Fsp3) is 0.474. The third-order valence-electron chi connectivity index (χ3n) is 5.53. The lowest BCUT2D eigenvalue weighted by Crippen LogP contribution is -2.45. The number of aromatic nitrogens is 1. The number of hydrogen-bond donors (Lipinski definition) is 2. The smallest absolute Gasteiger partial charge is 0.343 e. The van der Waals surface area contributed by atoms with E-state index >= 15 is 0 Å². The average Bonchev–Trinajstić information content (AvgIpc) is 3.29. The minimum Gasteiger partial charge on any atom is -0.497 e. The fourth-order valence-electron chi connectivity index (χ4n) is 4.16. The molecule has 2 fully saturated rings. The van der Waals surface area contributed by atoms with Gasteiger partial charge in [0.1, 0.15) is 5.75 Å². The van der Waals surface area contributed by atoms with Gasteiger partial charge in [-0.05, 0) is 50.1 Å². The van der Waals surface area contributed by atoms with E-state index in [0.717, 1.165) is 39.0 Å². The zero-order valence-corrected chi connectivity index (χ0v) is 14.8. The van der Waals surface area contributed by atoms with Gasteiger partial charge in [-0.25, -0.2) is 4.79 Å². The van der Waals surface area contributed by atoms with Gasteiger partial charge in [0, 0.05) is 30.6 Å². The number of carboxylic acids is 1. The van der Waals surface area contributed by atoms with Gasteiger partial charge in [0.05, 0.1) is 7.11 Å². The summed E-state index contributed by atoms with van der Waals surface area (Å²) in [5, 5.41) is 17.4. The number of methoxy groups -OCH3 is 1. The van der Waals surface area contributed by atoms with Gasteiger partial charge in [0.15, 0.2) is 17.1 Å². The largest absolute Gasteiger partial charge is 0.497 e. The number of hydrogen-bond acceptors (Lipinski definition) is 6. The summed E-state index contributed by atoms with van der Waals surface area (Å²) in [4.78, 5) is 14.1. The quantitative estimate of drug-likeness (QED) is 0.869. The van der Waals surface area contributed by atoms with Crippen LogP contribution in [-0.4, -0.2) is 49.5 Å². The first-order valence-corrected chi connectivity index (χ1v) is 8.95. The molecule has 7 heteroatoms. The number of aromatic carboxylic acids is 1. The molecule has 0 aliphatic carbocycles. The first-order chi connectivity index (χ1) is 12.6. The van der Waals surface area contributed by atoms with Gasteiger partial charge in [0.25, 0.3) is 0 Å². The highest BCUT2D eigenvalue weighted by Gasteiger charge is 2.40. The Labute approximate surface area is 151 Å². The fourth-order valence-corrected chi connectivity index (χ4v) is 4.16. The van der Waals surface area contributed by atoms with Crippen molar-refractivity contribution in [3.63, 3.8) is 0 Å². The molecule has 2 aliphatic heterocycles. The van der Waals surface area contributed by atoms with E-state index in [4.69, 9.17) is 9.26 Å². The summed E-state index contributed by atoms with van der Waals surface area (Å²) in [6, 6.07) is 7.13. The van der Waals surface area contributed by atoms with Gasteiger partial charge in [-0.15, -0.1) is 0 Å². The van der Waals surface area contributed by atoms with Crippen molar-refractivity contribution in [1.82, 2.24) is 10.5 Å². The predicted molar refractivity (Wildman–Crippen MR) is 96.8 cm³/mol. The van der Waals surface area contributed by atoms with E-state index in [9.17, 15) is 9.90 Å². The maximum atomic E-state index is 12.0. The minimum absolute atomic E-state index is 0.137. The molecule has 1 atom stereocenters. The van der Waals surface area contributed by atoms with Crippen LogP contribution in [0.1, 0.15) is 29.6 Å². The molecule has 0 radical (unpaired) electrons. The van der Waals surface area contributed by atoms with E-state index in [2.05, 4.69) is 15.4 Å². The van der Waals surface area contributed by atoms with E-state index < -0.39 is 5.97 Å². The van der Waals surface area contributed by atoms with Crippen LogP contribution in [-0.2, 0) is 0 Å². The predicted octanol–water partition coefficient (Wildman–Crippen LogP) is 2.63. The molecule has 1 aromatic carbocycles. The molecule has 1 aromatic heterocycles. The van der Waals surface area contributed by atoms with Crippen LogP contribution in [0.2, 0.25) is 0 Å². The van der Waals surface area contributed by atoms with Gasteiger partial charge in [-0.2, -0.15) is 0 Å². The summed E-state index contributed by atoms with van der Waals surface area (Å²) in [5.41, 5.74) is 1.03. The third-order valence-corrected chi connectivity index (χ3v) is 5.53. The number of ether oxygens (including phenoxy) is 1. The monoisotopic (exact) mass is 357 g/mol. The van der Waals surface area contributed by atoms with Gasteiger partial charge in [0.2, 0.25) is 0 Å². The Hall–Kier alpha value is -2.54. The maximum Gasteiger partial charge on any atom is 0.343 e. The number of carboxylic acid groups (broad SMARTS) is 1. The van der Waals surface area contributed by atoms with E-state index in [1.54, 1.807) is 31.4 Å². The van der Waals surface area contributed by atoms with Crippen molar-refractivity contribution in [2.45, 2.75) is 19.3 Å². The van der Waals surface area contributed by atoms with Crippen molar-refractivity contribution in [3.05, 3.63) is 29.8 Å². The lowest BCUT2D eigenvalue weighted by atomic mass is 9.79. The molecule has 26 heavy (non-hydrogen) atoms. The van der Waals surface area contributed by atoms with Crippen LogP contribution in [0, 0.1) is 5.41 Å². The van der Waals surface area contributed by atoms with Crippen LogP contribution in [0.15, 0.2) is 28.8 Å². The molecule has 2 N–H and O–H groups in total. The SMILES string of the molecule is COc1ccc(-c2onc(N3CCCC4(CCNC4)C3)c2C(=O)O)cc1. The summed E-state index contributed by atoms with van der Waals surface area (Å²) in [7, 11) is 1.59. The number of rotatable bonds is 4. The highest BCUT2D eigenvalue weighted by Crippen LogP contribution is 2.39. The maximum absolute atomic E-state index is 12.0. The number of piperidine rings is 1. The molecule has 2 aromatic rings. The Morgan fingerprint density at radius 1 is 1.35 bits per heavy atom. The summed E-state index contributed by atoms with van der Waals surface area (Å²) in [6.45, 7) is 3.62. The second-order valence-electron chi connectivity index (χ2n) is 7.20. The molecule has 138 valence electrons. The Bertz CT molecular complexity index is 794. The summed E-state index contributed by atoms with van der Waals surface area (Å²) in [6.07, 6.45) is 3.32. The van der Waals surface area contributed by atoms with Crippen molar-refractivity contribution in [1.29, 1.82) is 0 Å². The molecule has 2 aliphatic rings. The standard InChI is InChI=1S/C19H23N3O4/c1-25-14-5-3-13(4-6-14)16-15(18(23)24)17(21-26-16)22-10-2-7-19(12-22)8-9-20-11-19/h3-6,20H,2,7-12H2,1H3,(H,23,24). The molecular formula is C19H23N3O4. The van der Waals surface area contributed by atoms with Crippen LogP contribution in [0.5, 0.6) is 5.75 Å². The zero-order chi connectivity index (χ0) is 18.1. The third kappa shape index (κ3) is 2.92. The van der Waals surface area contributed by atoms with E-state index in [0.29, 0.717) is 22.9 Å². The molecule has 3 heterocycles. The molecule has 0 amide bonds. The molecule has 0 saturated carbocycles. The Kier molecular flexibility index (Phi) is 4.32. The molecule has 1 spiro atoms. The molecule has 2 saturated heterocycles. The zero-order valence-electron chi connectivity index (χ0n) is 14.8. The van der Waals surface area contributed by atoms with Crippen LogP contribution in [0.3, 0.4) is 0 Å². The van der Waals surface area contributed by atoms with Crippen molar-refractivity contribution in [3.8, 4) is 17.1 Å². The first kappa shape index (κ1) is 16.9. The van der Waals surface area contributed by atoms with Crippen LogP contribution >= 0.6 is 0 Å². The Balaban J connectivity index is 1.68. The number of anilines is 1. The molecular weight excluding hydrogens is 334 g/mol. The highest BCUT2D eigenvalue weighted by molar-refractivity contribution is 5.99. The summed E-state index contributed by atoms with van der Waals surface area (Å²) >= 11 is 0. The number of carbonyl (C=O) groups is 1. The van der Waals surface area contributed by atoms with Gasteiger partial charge >= 0.3 is 5.97 Å². The van der Waals surface area contributed by atoms with Crippen molar-refractivity contribution in [2.24, 2.45) is 5.41 Å². The van der Waals surface area contributed by atoms with E-state index in [-0.39, 0.29) is 11.0 Å². The highest BCUT2D eigenvalue weighted by atomic mass is 16.5. The molecule has 0 bridgehead atoms. The average molecular weight is 357 g/mol. The van der Waals surface area contributed by atoms with Crippen LogP contribution in [0.25, 0.3) is 11.3 Å².